The van der Waals surface area contributed by atoms with Crippen LogP contribution in [0.5, 0.6) is 0 Å². The lowest BCUT2D eigenvalue weighted by molar-refractivity contribution is -0.113. The molecule has 9 nitrogen and oxygen atoms in total. The molecule has 3 rings (SSSR count). The van der Waals surface area contributed by atoms with Gasteiger partial charge >= 0.3 is 5.97 Å². The molecule has 190 valence electrons. The Morgan fingerprint density at radius 3 is 2.36 bits per heavy atom. The lowest BCUT2D eigenvalue weighted by atomic mass is 10.2. The van der Waals surface area contributed by atoms with Crippen molar-refractivity contribution in [3.8, 4) is 0 Å². The molecule has 1 heterocycles. The van der Waals surface area contributed by atoms with Crippen LogP contribution < -0.4 is 10.6 Å². The quantitative estimate of drug-likeness (QED) is 0.270. The molecule has 0 bridgehead atoms. The molecule has 0 saturated carbocycles. The Morgan fingerprint density at radius 2 is 1.72 bits per heavy atom. The second-order valence-corrected chi connectivity index (χ2v) is 9.30. The predicted octanol–water partition coefficient (Wildman–Crippen LogP) is 5.00. The topological polar surface area (TPSA) is 115 Å². The highest BCUT2D eigenvalue weighted by atomic mass is 35.5. The SMILES string of the molecule is CCOC(=O)c1ccc(NC(=O)CSc2nnc([C@H](C)NC(=O)c3ccc(Cl)c(Cl)c3)n2CC)cc1. The number of esters is 1. The standard InChI is InChI=1S/C24H25Cl2N5O4S/c1-4-31-21(14(3)27-22(33)16-8-11-18(25)19(26)12-16)29-30-24(31)36-13-20(32)28-17-9-6-15(7-10-17)23(34)35-5-2/h6-12,14H,4-5,13H2,1-3H3,(H,27,33)(H,28,32)/t14-/m0/s1. The Morgan fingerprint density at radius 1 is 1.03 bits per heavy atom. The molecule has 2 aromatic carbocycles. The van der Waals surface area contributed by atoms with Crippen LogP contribution in [0.25, 0.3) is 0 Å². The van der Waals surface area contributed by atoms with E-state index in [0.29, 0.717) is 51.0 Å². The summed E-state index contributed by atoms with van der Waals surface area (Å²) in [6.07, 6.45) is 0. The fourth-order valence-corrected chi connectivity index (χ4v) is 4.34. The van der Waals surface area contributed by atoms with Crippen molar-refractivity contribution >= 4 is 58.4 Å². The van der Waals surface area contributed by atoms with Crippen molar-refractivity contribution in [2.24, 2.45) is 0 Å². The lowest BCUT2D eigenvalue weighted by Crippen LogP contribution is -2.28. The fourth-order valence-electron chi connectivity index (χ4n) is 3.24. The van der Waals surface area contributed by atoms with E-state index in [-0.39, 0.29) is 17.6 Å². The van der Waals surface area contributed by atoms with E-state index < -0.39 is 12.0 Å². The van der Waals surface area contributed by atoms with E-state index in [1.165, 1.54) is 17.8 Å². The minimum Gasteiger partial charge on any atom is -0.462 e. The van der Waals surface area contributed by atoms with Crippen LogP contribution in [-0.2, 0) is 16.1 Å². The molecule has 0 aliphatic carbocycles. The lowest BCUT2D eigenvalue weighted by Gasteiger charge is -2.15. The van der Waals surface area contributed by atoms with Crippen LogP contribution in [0.15, 0.2) is 47.6 Å². The Balaban J connectivity index is 1.59. The minimum absolute atomic E-state index is 0.0990. The van der Waals surface area contributed by atoms with Gasteiger partial charge in [0.2, 0.25) is 5.91 Å². The third-order valence-corrected chi connectivity index (χ3v) is 6.70. The van der Waals surface area contributed by atoms with Crippen molar-refractivity contribution < 1.29 is 19.1 Å². The number of carbonyl (C=O) groups is 3. The van der Waals surface area contributed by atoms with Gasteiger partial charge in [0.25, 0.3) is 5.91 Å². The zero-order valence-electron chi connectivity index (χ0n) is 19.9. The van der Waals surface area contributed by atoms with Gasteiger partial charge in [0.15, 0.2) is 11.0 Å². The number of halogens is 2. The van der Waals surface area contributed by atoms with Crippen LogP contribution in [0.2, 0.25) is 10.0 Å². The summed E-state index contributed by atoms with van der Waals surface area (Å²) in [5.74, 6) is -0.320. The number of hydrogen-bond donors (Lipinski definition) is 2. The van der Waals surface area contributed by atoms with Crippen LogP contribution >= 0.6 is 35.0 Å². The van der Waals surface area contributed by atoms with Gasteiger partial charge in [-0.1, -0.05) is 35.0 Å². The molecular weight excluding hydrogens is 525 g/mol. The number of aromatic nitrogens is 3. The average Bonchev–Trinajstić information content (AvgIpc) is 3.28. The highest BCUT2D eigenvalue weighted by Crippen LogP contribution is 2.24. The largest absolute Gasteiger partial charge is 0.462 e. The first-order chi connectivity index (χ1) is 17.2. The maximum Gasteiger partial charge on any atom is 0.338 e. The Labute approximate surface area is 222 Å². The molecule has 2 amide bonds. The molecule has 1 aromatic heterocycles. The van der Waals surface area contributed by atoms with Crippen LogP contribution in [0.3, 0.4) is 0 Å². The third kappa shape index (κ3) is 6.99. The summed E-state index contributed by atoms with van der Waals surface area (Å²) in [6.45, 7) is 6.30. The third-order valence-electron chi connectivity index (χ3n) is 4.99. The highest BCUT2D eigenvalue weighted by molar-refractivity contribution is 7.99. The van der Waals surface area contributed by atoms with Crippen molar-refractivity contribution in [3.63, 3.8) is 0 Å². The van der Waals surface area contributed by atoms with E-state index in [2.05, 4.69) is 20.8 Å². The summed E-state index contributed by atoms with van der Waals surface area (Å²) in [4.78, 5) is 36.8. The van der Waals surface area contributed by atoms with Crippen LogP contribution in [0.1, 0.15) is 53.4 Å². The van der Waals surface area contributed by atoms with Crippen molar-refractivity contribution in [3.05, 3.63) is 69.5 Å². The second kappa shape index (κ2) is 12.8. The van der Waals surface area contributed by atoms with Gasteiger partial charge in [0.1, 0.15) is 0 Å². The number of hydrogen-bond acceptors (Lipinski definition) is 7. The minimum atomic E-state index is -0.444. The molecule has 2 N–H and O–H groups in total. The first-order valence-corrected chi connectivity index (χ1v) is 12.9. The van der Waals surface area contributed by atoms with Crippen molar-refractivity contribution in [1.29, 1.82) is 0 Å². The molecule has 0 saturated heterocycles. The van der Waals surface area contributed by atoms with E-state index in [1.54, 1.807) is 50.2 Å². The summed E-state index contributed by atoms with van der Waals surface area (Å²) < 4.78 is 6.79. The fraction of sp³-hybridized carbons (Fsp3) is 0.292. The summed E-state index contributed by atoms with van der Waals surface area (Å²) in [5.41, 5.74) is 1.35. The van der Waals surface area contributed by atoms with Crippen molar-refractivity contribution in [1.82, 2.24) is 20.1 Å². The first-order valence-electron chi connectivity index (χ1n) is 11.1. The molecule has 0 unspecified atom stereocenters. The highest BCUT2D eigenvalue weighted by Gasteiger charge is 2.20. The zero-order valence-corrected chi connectivity index (χ0v) is 22.2. The molecule has 0 radical (unpaired) electrons. The summed E-state index contributed by atoms with van der Waals surface area (Å²) in [6, 6.07) is 10.7. The van der Waals surface area contributed by atoms with Crippen molar-refractivity contribution in [2.75, 3.05) is 17.7 Å². The molecule has 3 aromatic rings. The maximum atomic E-state index is 12.6. The number of ether oxygens (including phenoxy) is 1. The smallest absolute Gasteiger partial charge is 0.338 e. The van der Waals surface area contributed by atoms with Gasteiger partial charge in [-0.15, -0.1) is 10.2 Å². The number of thioether (sulfide) groups is 1. The maximum absolute atomic E-state index is 12.6. The van der Waals surface area contributed by atoms with Crippen LogP contribution in [-0.4, -0.2) is 44.9 Å². The van der Waals surface area contributed by atoms with Gasteiger partial charge < -0.3 is 19.9 Å². The Bertz CT molecular complexity index is 1250. The molecule has 0 aliphatic rings. The van der Waals surface area contributed by atoms with E-state index in [9.17, 15) is 14.4 Å². The van der Waals surface area contributed by atoms with E-state index in [4.69, 9.17) is 27.9 Å². The van der Waals surface area contributed by atoms with Crippen LogP contribution in [0.4, 0.5) is 5.69 Å². The molecule has 36 heavy (non-hydrogen) atoms. The van der Waals surface area contributed by atoms with Gasteiger partial charge in [0.05, 0.1) is 34.0 Å². The number of rotatable bonds is 10. The van der Waals surface area contributed by atoms with Crippen molar-refractivity contribution in [2.45, 2.75) is 38.5 Å². The van der Waals surface area contributed by atoms with Gasteiger partial charge in [-0.05, 0) is 63.2 Å². The number of anilines is 1. The van der Waals surface area contributed by atoms with Gasteiger partial charge in [-0.3, -0.25) is 9.59 Å². The first kappa shape index (κ1) is 27.5. The Hall–Kier alpha value is -3.08. The summed E-state index contributed by atoms with van der Waals surface area (Å²) in [5, 5.41) is 15.3. The van der Waals surface area contributed by atoms with E-state index in [0.717, 1.165) is 0 Å². The summed E-state index contributed by atoms with van der Waals surface area (Å²) in [7, 11) is 0. The number of nitrogens with one attached hydrogen (secondary N) is 2. The van der Waals surface area contributed by atoms with Gasteiger partial charge in [0, 0.05) is 17.8 Å². The Kier molecular flexibility index (Phi) is 9.74. The molecule has 12 heteroatoms. The molecule has 1 atom stereocenters. The van der Waals surface area contributed by atoms with Gasteiger partial charge in [-0.2, -0.15) is 0 Å². The predicted molar refractivity (Wildman–Crippen MR) is 140 cm³/mol. The van der Waals surface area contributed by atoms with E-state index >= 15 is 0 Å². The summed E-state index contributed by atoms with van der Waals surface area (Å²) >= 11 is 13.2. The number of benzene rings is 2. The van der Waals surface area contributed by atoms with E-state index in [1.807, 2.05) is 11.5 Å². The van der Waals surface area contributed by atoms with Crippen LogP contribution in [0, 0.1) is 0 Å². The monoisotopic (exact) mass is 549 g/mol. The van der Waals surface area contributed by atoms with Gasteiger partial charge in [-0.25, -0.2) is 4.79 Å². The average molecular weight is 550 g/mol. The second-order valence-electron chi connectivity index (χ2n) is 7.54. The molecular formula is C24H25Cl2N5O4S. The molecule has 0 spiro atoms. The zero-order chi connectivity index (χ0) is 26.2. The number of nitrogens with zero attached hydrogens (tertiary/aromatic N) is 3. The number of amides is 2. The molecule has 0 aliphatic heterocycles. The number of carbonyl (C=O) groups excluding carboxylic acids is 3. The molecule has 0 fully saturated rings. The normalized spacial score (nSPS) is 11.6.